The van der Waals surface area contributed by atoms with E-state index in [2.05, 4.69) is 5.10 Å². The third-order valence-corrected chi connectivity index (χ3v) is 4.00. The molecule has 5 N–H and O–H groups in total. The van der Waals surface area contributed by atoms with Crippen molar-refractivity contribution in [2.24, 2.45) is 16.7 Å². The lowest BCUT2D eigenvalue weighted by Gasteiger charge is -2.17. The van der Waals surface area contributed by atoms with Crippen molar-refractivity contribution in [3.63, 3.8) is 0 Å². The van der Waals surface area contributed by atoms with E-state index in [0.29, 0.717) is 40.8 Å². The van der Waals surface area contributed by atoms with Gasteiger partial charge < -0.3 is 15.3 Å². The van der Waals surface area contributed by atoms with Crippen molar-refractivity contribution in [3.8, 4) is 5.75 Å². The molecule has 2 rings (SSSR count). The van der Waals surface area contributed by atoms with Crippen molar-refractivity contribution >= 4 is 17.3 Å². The maximum absolute atomic E-state index is 12.5. The number of rotatable bonds is 5. The summed E-state index contributed by atoms with van der Waals surface area (Å²) in [4.78, 5) is 12.5. The van der Waals surface area contributed by atoms with Crippen LogP contribution in [0.3, 0.4) is 0 Å². The van der Waals surface area contributed by atoms with Crippen LogP contribution < -0.4 is 17.0 Å². The van der Waals surface area contributed by atoms with Crippen molar-refractivity contribution in [2.75, 3.05) is 6.54 Å². The zero-order chi connectivity index (χ0) is 17.1. The molecular weight excluding hydrogens is 296 g/mol. The molecule has 0 fully saturated rings. The molecule has 1 aromatic carbocycles. The molecule has 0 saturated carbocycles. The summed E-state index contributed by atoms with van der Waals surface area (Å²) in [7, 11) is 0. The number of nitrogens with two attached hydrogens (primary N) is 2. The lowest BCUT2D eigenvalue weighted by atomic mass is 9.98. The zero-order valence-electron chi connectivity index (χ0n) is 13.5. The topological polar surface area (TPSA) is 118 Å². The van der Waals surface area contributed by atoms with Crippen LogP contribution in [0.4, 0.5) is 0 Å². The fraction of sp³-hybridized carbons (Fsp3) is 0.375. The number of nitrogens with zero attached hydrogens (tertiary/aromatic N) is 2. The van der Waals surface area contributed by atoms with Gasteiger partial charge in [0, 0.05) is 17.0 Å². The first-order chi connectivity index (χ1) is 10.9. The summed E-state index contributed by atoms with van der Waals surface area (Å²) in [6, 6.07) is 3.09. The summed E-state index contributed by atoms with van der Waals surface area (Å²) in [5, 5.41) is 15.3. The summed E-state index contributed by atoms with van der Waals surface area (Å²) in [5.41, 5.74) is 6.65. The molecule has 0 amide bonds. The number of aromatic hydroxyl groups is 1. The number of hydrogen-bond acceptors (Lipinski definition) is 6. The lowest BCUT2D eigenvalue weighted by molar-refractivity contribution is 0.282. The van der Waals surface area contributed by atoms with Gasteiger partial charge in [0.15, 0.2) is 5.43 Å². The maximum atomic E-state index is 12.5. The zero-order valence-corrected chi connectivity index (χ0v) is 13.5. The first kappa shape index (κ1) is 16.8. The molecule has 23 heavy (non-hydrogen) atoms. The van der Waals surface area contributed by atoms with Gasteiger partial charge in [-0.1, -0.05) is 6.92 Å². The summed E-state index contributed by atoms with van der Waals surface area (Å²) in [6.45, 7) is 5.89. The standard InChI is InChI=1S/C16H22N4O3/c1-9(6-7-20(18)19-8-17)15-11(3)14(22)12-4-5-13(21)10(2)16(12)23-15/h4-5,8-9,21H,6-7,18H2,1-3H3,(H2,17,19). The summed E-state index contributed by atoms with van der Waals surface area (Å²) >= 11 is 0. The highest BCUT2D eigenvalue weighted by Gasteiger charge is 2.18. The van der Waals surface area contributed by atoms with Crippen LogP contribution in [-0.2, 0) is 0 Å². The SMILES string of the molecule is Cc1c(C(C)CCN(N)/N=C\N)oc2c(C)c(O)ccc2c1=O. The second-order valence-electron chi connectivity index (χ2n) is 5.62. The van der Waals surface area contributed by atoms with E-state index in [-0.39, 0.29) is 17.1 Å². The number of hydrogen-bond donors (Lipinski definition) is 3. The Labute approximate surface area is 134 Å². The molecule has 124 valence electrons. The van der Waals surface area contributed by atoms with Crippen molar-refractivity contribution in [1.29, 1.82) is 0 Å². The second kappa shape index (κ2) is 6.70. The van der Waals surface area contributed by atoms with Gasteiger partial charge in [0.25, 0.3) is 0 Å². The Morgan fingerprint density at radius 2 is 2.09 bits per heavy atom. The van der Waals surface area contributed by atoms with E-state index in [1.54, 1.807) is 19.9 Å². The monoisotopic (exact) mass is 318 g/mol. The third kappa shape index (κ3) is 3.29. The Morgan fingerprint density at radius 3 is 2.74 bits per heavy atom. The molecule has 1 atom stereocenters. The van der Waals surface area contributed by atoms with Gasteiger partial charge in [-0.2, -0.15) is 5.10 Å². The first-order valence-electron chi connectivity index (χ1n) is 7.39. The minimum Gasteiger partial charge on any atom is -0.508 e. The average Bonchev–Trinajstić information content (AvgIpc) is 2.52. The summed E-state index contributed by atoms with van der Waals surface area (Å²) in [6.07, 6.45) is 1.76. The molecular formula is C16H22N4O3. The molecule has 0 aliphatic rings. The van der Waals surface area contributed by atoms with Crippen molar-refractivity contribution in [2.45, 2.75) is 33.1 Å². The van der Waals surface area contributed by atoms with Crippen molar-refractivity contribution in [1.82, 2.24) is 5.12 Å². The number of hydrazone groups is 1. The average molecular weight is 318 g/mol. The Balaban J connectivity index is 2.42. The number of phenols is 1. The predicted octanol–water partition coefficient (Wildman–Crippen LogP) is 1.69. The molecule has 0 radical (unpaired) electrons. The number of hydrazine groups is 1. The van der Waals surface area contributed by atoms with Gasteiger partial charge in [0.1, 0.15) is 23.4 Å². The van der Waals surface area contributed by atoms with Crippen LogP contribution in [0.5, 0.6) is 5.75 Å². The Hall–Kier alpha value is -2.54. The molecule has 0 aliphatic heterocycles. The molecule has 1 heterocycles. The van der Waals surface area contributed by atoms with Gasteiger partial charge in [-0.05, 0) is 32.4 Å². The molecule has 7 nitrogen and oxygen atoms in total. The molecule has 0 bridgehead atoms. The quantitative estimate of drug-likeness (QED) is 0.334. The minimum atomic E-state index is -0.0826. The molecule has 7 heteroatoms. The summed E-state index contributed by atoms with van der Waals surface area (Å²) in [5.74, 6) is 6.31. The van der Waals surface area contributed by atoms with Crippen LogP contribution >= 0.6 is 0 Å². The fourth-order valence-corrected chi connectivity index (χ4v) is 2.56. The van der Waals surface area contributed by atoms with E-state index in [0.717, 1.165) is 6.34 Å². The highest BCUT2D eigenvalue weighted by Crippen LogP contribution is 2.29. The lowest BCUT2D eigenvalue weighted by Crippen LogP contribution is -2.28. The molecule has 0 saturated heterocycles. The van der Waals surface area contributed by atoms with Crippen LogP contribution in [-0.4, -0.2) is 23.1 Å². The largest absolute Gasteiger partial charge is 0.508 e. The third-order valence-electron chi connectivity index (χ3n) is 4.00. The molecule has 1 unspecified atom stereocenters. The van der Waals surface area contributed by atoms with Crippen molar-refractivity contribution in [3.05, 3.63) is 39.2 Å². The minimum absolute atomic E-state index is 0.0344. The number of fused-ring (bicyclic) bond motifs is 1. The second-order valence-corrected chi connectivity index (χ2v) is 5.62. The smallest absolute Gasteiger partial charge is 0.195 e. The van der Waals surface area contributed by atoms with Gasteiger partial charge in [-0.3, -0.25) is 4.79 Å². The number of phenolic OH excluding ortho intramolecular Hbond substituents is 1. The highest BCUT2D eigenvalue weighted by atomic mass is 16.3. The predicted molar refractivity (Wildman–Crippen MR) is 90.2 cm³/mol. The van der Waals surface area contributed by atoms with Crippen LogP contribution in [0.1, 0.15) is 36.1 Å². The van der Waals surface area contributed by atoms with E-state index in [4.69, 9.17) is 16.0 Å². The van der Waals surface area contributed by atoms with Gasteiger partial charge in [0.05, 0.1) is 11.9 Å². The first-order valence-corrected chi connectivity index (χ1v) is 7.39. The van der Waals surface area contributed by atoms with Crippen molar-refractivity contribution < 1.29 is 9.52 Å². The molecule has 0 spiro atoms. The van der Waals surface area contributed by atoms with E-state index in [9.17, 15) is 9.90 Å². The van der Waals surface area contributed by atoms with Crippen LogP contribution in [0.15, 0.2) is 26.4 Å². The van der Waals surface area contributed by atoms with Gasteiger partial charge in [-0.25, -0.2) is 11.0 Å². The normalized spacial score (nSPS) is 12.9. The van der Waals surface area contributed by atoms with Crippen LogP contribution in [0.25, 0.3) is 11.0 Å². The molecule has 0 aliphatic carbocycles. The number of aryl methyl sites for hydroxylation is 1. The van der Waals surface area contributed by atoms with Crippen LogP contribution in [0.2, 0.25) is 0 Å². The maximum Gasteiger partial charge on any atom is 0.195 e. The van der Waals surface area contributed by atoms with Gasteiger partial charge in [0.2, 0.25) is 0 Å². The van der Waals surface area contributed by atoms with Crippen LogP contribution in [0, 0.1) is 13.8 Å². The Morgan fingerprint density at radius 1 is 1.39 bits per heavy atom. The Kier molecular flexibility index (Phi) is 4.90. The molecule has 2 aromatic rings. The summed E-state index contributed by atoms with van der Waals surface area (Å²) < 4.78 is 5.96. The Bertz CT molecular complexity index is 798. The van der Waals surface area contributed by atoms with Gasteiger partial charge in [-0.15, -0.1) is 0 Å². The van der Waals surface area contributed by atoms with E-state index in [1.165, 1.54) is 11.2 Å². The fourth-order valence-electron chi connectivity index (χ4n) is 2.56. The number of benzene rings is 1. The van der Waals surface area contributed by atoms with E-state index < -0.39 is 0 Å². The van der Waals surface area contributed by atoms with E-state index in [1.807, 2.05) is 6.92 Å². The van der Waals surface area contributed by atoms with Gasteiger partial charge >= 0.3 is 0 Å². The van der Waals surface area contributed by atoms with E-state index >= 15 is 0 Å². The molecule has 1 aromatic heterocycles. The highest BCUT2D eigenvalue weighted by molar-refractivity contribution is 5.82.